The van der Waals surface area contributed by atoms with Crippen LogP contribution in [0.4, 0.5) is 0 Å². The van der Waals surface area contributed by atoms with Crippen LogP contribution in [-0.4, -0.2) is 83.4 Å². The normalized spacial score (nSPS) is 29.2. The van der Waals surface area contributed by atoms with E-state index in [0.717, 1.165) is 0 Å². The molecule has 0 amide bonds. The van der Waals surface area contributed by atoms with Crippen molar-refractivity contribution in [1.29, 1.82) is 0 Å². The lowest BCUT2D eigenvalue weighted by molar-refractivity contribution is -0.135. The van der Waals surface area contributed by atoms with Crippen LogP contribution in [0.3, 0.4) is 0 Å². The van der Waals surface area contributed by atoms with E-state index in [2.05, 4.69) is 72.7 Å². The first-order chi connectivity index (χ1) is 15.4. The maximum absolute atomic E-state index is 11.5. The number of amidine groups is 1. The lowest BCUT2D eigenvalue weighted by Gasteiger charge is -2.41. The number of aliphatic hydroxyl groups is 1. The number of nitrogens with zero attached hydrogens (tertiary/aromatic N) is 2. The van der Waals surface area contributed by atoms with E-state index < -0.39 is 47.5 Å². The van der Waals surface area contributed by atoms with Crippen molar-refractivity contribution in [1.82, 2.24) is 4.90 Å². The summed E-state index contributed by atoms with van der Waals surface area (Å²) in [7, 11) is -2.67. The fourth-order valence-corrected chi connectivity index (χ4v) is 5.69. The molecule has 0 aromatic carbocycles. The average Bonchev–Trinajstić information content (AvgIpc) is 3.01. The van der Waals surface area contributed by atoms with Crippen molar-refractivity contribution in [2.24, 2.45) is 10.7 Å². The first-order valence-electron chi connectivity index (χ1n) is 11.8. The lowest BCUT2D eigenvalue weighted by Crippen LogP contribution is -2.53. The summed E-state index contributed by atoms with van der Waals surface area (Å²) in [6.07, 6.45) is -1.37. The van der Waals surface area contributed by atoms with E-state index in [-0.39, 0.29) is 21.5 Å². The van der Waals surface area contributed by atoms with Crippen LogP contribution in [0.5, 0.6) is 0 Å². The first kappa shape index (κ1) is 29.1. The lowest BCUT2D eigenvalue weighted by atomic mass is 10.1. The Balaban J connectivity index is 2.42. The number of ether oxygens (including phenoxy) is 2. The average molecular weight is 516 g/mol. The molecular weight excluding hydrogens is 470 g/mol. The van der Waals surface area contributed by atoms with Gasteiger partial charge in [0, 0.05) is 13.3 Å². The molecule has 1 fully saturated rings. The minimum absolute atomic E-state index is 0.0161. The Morgan fingerprint density at radius 1 is 1.12 bits per heavy atom. The molecule has 0 aromatic rings. The third kappa shape index (κ3) is 6.00. The van der Waals surface area contributed by atoms with Gasteiger partial charge in [-0.25, -0.2) is 4.99 Å². The largest absolute Gasteiger partial charge is 0.414 e. The smallest absolute Gasteiger partial charge is 0.229 e. The van der Waals surface area contributed by atoms with Crippen LogP contribution >= 0.6 is 0 Å². The Morgan fingerprint density at radius 2 is 1.68 bits per heavy atom. The third-order valence-electron chi connectivity index (χ3n) is 7.74. The van der Waals surface area contributed by atoms with Crippen molar-refractivity contribution < 1.29 is 28.2 Å². The highest BCUT2D eigenvalue weighted by Crippen LogP contribution is 2.42. The first-order valence-corrected chi connectivity index (χ1v) is 17.6. The van der Waals surface area contributed by atoms with Gasteiger partial charge in [0.25, 0.3) is 0 Å². The predicted octanol–water partition coefficient (Wildman–Crippen LogP) is 3.17. The molecule has 2 aliphatic heterocycles. The van der Waals surface area contributed by atoms with Gasteiger partial charge in [-0.15, -0.1) is 0 Å². The molecule has 0 aromatic heterocycles. The number of hydrogen-bond donors (Lipinski definition) is 2. The molecule has 2 rings (SSSR count). The minimum Gasteiger partial charge on any atom is -0.414 e. The molecule has 0 radical (unpaired) electrons. The van der Waals surface area contributed by atoms with Crippen molar-refractivity contribution in [2.45, 2.75) is 109 Å². The van der Waals surface area contributed by atoms with Gasteiger partial charge in [-0.2, -0.15) is 0 Å². The van der Waals surface area contributed by atoms with E-state index in [9.17, 15) is 9.90 Å². The molecule has 3 N–H and O–H groups in total. The zero-order chi connectivity index (χ0) is 26.3. The highest BCUT2D eigenvalue weighted by molar-refractivity contribution is 6.74. The molecule has 2 heterocycles. The van der Waals surface area contributed by atoms with E-state index in [1.54, 1.807) is 7.11 Å². The number of rotatable bonds is 8. The number of aldehydes is 1. The Morgan fingerprint density at radius 3 is 2.15 bits per heavy atom. The summed E-state index contributed by atoms with van der Waals surface area (Å²) >= 11 is 0. The fraction of sp³-hybridized carbons (Fsp3) is 0.826. The second-order valence-electron chi connectivity index (χ2n) is 12.2. The molecule has 0 spiro atoms. The molecule has 11 heteroatoms. The Hall–Kier alpha value is -1.09. The maximum Gasteiger partial charge on any atom is 0.229 e. The van der Waals surface area contributed by atoms with E-state index in [1.807, 2.05) is 0 Å². The maximum atomic E-state index is 11.5. The molecule has 0 bridgehead atoms. The second-order valence-corrected chi connectivity index (χ2v) is 21.8. The van der Waals surface area contributed by atoms with Gasteiger partial charge in [0.15, 0.2) is 29.1 Å². The number of carbonyl (C=O) groups is 1. The molecular formula is C23H45N3O6Si2. The van der Waals surface area contributed by atoms with Gasteiger partial charge in [0.2, 0.25) is 6.35 Å². The van der Waals surface area contributed by atoms with Crippen LogP contribution < -0.4 is 5.73 Å². The van der Waals surface area contributed by atoms with Crippen LogP contribution in [-0.2, 0) is 23.1 Å². The van der Waals surface area contributed by atoms with Gasteiger partial charge < -0.3 is 34.1 Å². The summed E-state index contributed by atoms with van der Waals surface area (Å²) < 4.78 is 25.7. The number of aliphatic imine (C=N–C) groups is 1. The Labute approximate surface area is 206 Å². The summed E-state index contributed by atoms with van der Waals surface area (Å²) in [4.78, 5) is 16.9. The molecule has 2 aliphatic rings. The van der Waals surface area contributed by atoms with Gasteiger partial charge >= 0.3 is 0 Å². The van der Waals surface area contributed by atoms with Crippen LogP contribution in [0, 0.1) is 0 Å². The van der Waals surface area contributed by atoms with E-state index in [1.165, 1.54) is 11.1 Å². The van der Waals surface area contributed by atoms with Gasteiger partial charge in [-0.05, 0) is 36.3 Å². The highest BCUT2D eigenvalue weighted by atomic mass is 28.4. The molecule has 0 saturated carbocycles. The number of aliphatic hydroxyl groups excluding tert-OH is 1. The Kier molecular flexibility index (Phi) is 8.67. The van der Waals surface area contributed by atoms with Crippen LogP contribution in [0.25, 0.3) is 0 Å². The number of methoxy groups -OCH3 is 1. The molecule has 0 aliphatic carbocycles. The highest BCUT2D eigenvalue weighted by Gasteiger charge is 2.53. The van der Waals surface area contributed by atoms with Crippen molar-refractivity contribution >= 4 is 28.8 Å². The van der Waals surface area contributed by atoms with Crippen molar-refractivity contribution in [3.63, 3.8) is 0 Å². The van der Waals surface area contributed by atoms with Crippen molar-refractivity contribution in [2.75, 3.05) is 13.7 Å². The molecule has 34 heavy (non-hydrogen) atoms. The molecule has 196 valence electrons. The summed E-state index contributed by atoms with van der Waals surface area (Å²) in [5, 5.41) is 10.6. The van der Waals surface area contributed by atoms with Gasteiger partial charge in [-0.3, -0.25) is 4.79 Å². The molecule has 1 saturated heterocycles. The van der Waals surface area contributed by atoms with Crippen LogP contribution in [0.2, 0.25) is 36.3 Å². The van der Waals surface area contributed by atoms with Crippen molar-refractivity contribution in [3.8, 4) is 0 Å². The zero-order valence-electron chi connectivity index (χ0n) is 22.7. The number of hydrogen-bond acceptors (Lipinski definition) is 9. The monoisotopic (exact) mass is 515 g/mol. The molecule has 5 atom stereocenters. The summed E-state index contributed by atoms with van der Waals surface area (Å²) in [5.41, 5.74) is 5.96. The zero-order valence-corrected chi connectivity index (χ0v) is 24.7. The standard InChI is InChI=1S/C23H45N3O6Si2/c1-22(2,3)33(8,9)30-14-16-17(32-34(10,11)23(4,5)6)18(29-7)20(31-16)26-12-15(13-27)19(24)25-21(26)28/h12-13,16-18,20-21,28H,14H2,1-11H3,(H2,24,25)/t16-,17?,18?,20-,21?/m1/s1. The summed E-state index contributed by atoms with van der Waals surface area (Å²) in [6.45, 7) is 22.2. The van der Waals surface area contributed by atoms with Crippen LogP contribution in [0.1, 0.15) is 41.5 Å². The Bertz CT molecular complexity index is 804. The van der Waals surface area contributed by atoms with Crippen molar-refractivity contribution in [3.05, 3.63) is 11.8 Å². The van der Waals surface area contributed by atoms with Crippen LogP contribution in [0.15, 0.2) is 16.8 Å². The van der Waals surface area contributed by atoms with E-state index in [4.69, 9.17) is 24.1 Å². The molecule has 3 unspecified atom stereocenters. The predicted molar refractivity (Wildman–Crippen MR) is 138 cm³/mol. The minimum atomic E-state index is -2.21. The van der Waals surface area contributed by atoms with Gasteiger partial charge in [0.1, 0.15) is 24.1 Å². The topological polar surface area (TPSA) is 116 Å². The summed E-state index contributed by atoms with van der Waals surface area (Å²) in [6, 6.07) is 0. The third-order valence-corrected chi connectivity index (χ3v) is 16.7. The SMILES string of the molecule is COC1C(O[Si](C)(C)C(C)(C)C)[C@@H](CO[Si](C)(C)C(C)(C)C)O[C@H]1N1C=C(C=O)C(N)=NC1O. The quantitative estimate of drug-likeness (QED) is 0.374. The summed E-state index contributed by atoms with van der Waals surface area (Å²) in [5.74, 6) is -0.0161. The van der Waals surface area contributed by atoms with E-state index >= 15 is 0 Å². The molecule has 9 nitrogen and oxygen atoms in total. The number of nitrogens with two attached hydrogens (primary N) is 1. The van der Waals surface area contributed by atoms with E-state index in [0.29, 0.717) is 12.9 Å². The van der Waals surface area contributed by atoms with Gasteiger partial charge in [-0.1, -0.05) is 41.5 Å². The van der Waals surface area contributed by atoms with Gasteiger partial charge in [0.05, 0.1) is 12.2 Å². The number of carbonyl (C=O) groups excluding carboxylic acids is 1. The fourth-order valence-electron chi connectivity index (χ4n) is 3.35. The second kappa shape index (κ2) is 10.1.